The van der Waals surface area contributed by atoms with Gasteiger partial charge in [0, 0.05) is 13.2 Å². The highest BCUT2D eigenvalue weighted by Crippen LogP contribution is 1.87. The van der Waals surface area contributed by atoms with Gasteiger partial charge in [0.2, 0.25) is 0 Å². The molecule has 0 bridgehead atoms. The fraction of sp³-hybridized carbons (Fsp3) is 0.875. The van der Waals surface area contributed by atoms with Gasteiger partial charge in [0.15, 0.2) is 0 Å². The number of hydrogen-bond acceptors (Lipinski definition) is 2. The fourth-order valence-electron chi connectivity index (χ4n) is 0.568. The van der Waals surface area contributed by atoms with Crippen LogP contribution in [-0.4, -0.2) is 26.4 Å². The van der Waals surface area contributed by atoms with Crippen molar-refractivity contribution in [3.8, 4) is 0 Å². The first kappa shape index (κ1) is 9.92. The van der Waals surface area contributed by atoms with Gasteiger partial charge < -0.3 is 9.47 Å². The normalized spacial score (nSPS) is 10.2. The highest BCUT2D eigenvalue weighted by Gasteiger charge is 1.86. The molecule has 0 unspecified atom stereocenters. The summed E-state index contributed by atoms with van der Waals surface area (Å²) in [4.78, 5) is 0. The van der Waals surface area contributed by atoms with Crippen molar-refractivity contribution >= 4 is 0 Å². The maximum atomic E-state index is 5.22. The molecule has 2 heteroatoms. The molecule has 0 aromatic heterocycles. The minimum atomic E-state index is 0.539. The molecular formula is C8H17O2. The van der Waals surface area contributed by atoms with Crippen LogP contribution >= 0.6 is 0 Å². The van der Waals surface area contributed by atoms with Crippen LogP contribution in [0.15, 0.2) is 0 Å². The van der Waals surface area contributed by atoms with Gasteiger partial charge >= 0.3 is 0 Å². The van der Waals surface area contributed by atoms with E-state index in [4.69, 9.17) is 9.47 Å². The van der Waals surface area contributed by atoms with E-state index in [2.05, 4.69) is 13.8 Å². The topological polar surface area (TPSA) is 18.5 Å². The van der Waals surface area contributed by atoms with Gasteiger partial charge in [-0.3, -0.25) is 0 Å². The summed E-state index contributed by atoms with van der Waals surface area (Å²) in [6.07, 6.45) is 2.33. The fourth-order valence-corrected chi connectivity index (χ4v) is 0.568. The Kier molecular flexibility index (Phi) is 8.85. The van der Waals surface area contributed by atoms with Crippen molar-refractivity contribution in [1.82, 2.24) is 0 Å². The molecule has 1 radical (unpaired) electrons. The van der Waals surface area contributed by atoms with Gasteiger partial charge in [0.05, 0.1) is 13.2 Å². The Labute approximate surface area is 63.5 Å². The van der Waals surface area contributed by atoms with E-state index in [9.17, 15) is 0 Å². The standard InChI is InChI=1S/C8H17O2/c1-3-5-6-10-8-7-9-4-2/h2-8H2,1H3. The van der Waals surface area contributed by atoms with Crippen molar-refractivity contribution in [3.05, 3.63) is 6.92 Å². The highest BCUT2D eigenvalue weighted by atomic mass is 16.5. The lowest BCUT2D eigenvalue weighted by Gasteiger charge is -2.01. The zero-order valence-electron chi connectivity index (χ0n) is 6.77. The van der Waals surface area contributed by atoms with E-state index in [0.29, 0.717) is 19.8 Å². The Morgan fingerprint density at radius 2 is 1.80 bits per heavy atom. The summed E-state index contributed by atoms with van der Waals surface area (Å²) in [7, 11) is 0. The van der Waals surface area contributed by atoms with Crippen LogP contribution in [0, 0.1) is 6.92 Å². The largest absolute Gasteiger partial charge is 0.379 e. The molecule has 10 heavy (non-hydrogen) atoms. The second kappa shape index (κ2) is 8.92. The minimum Gasteiger partial charge on any atom is -0.379 e. The average molecular weight is 145 g/mol. The van der Waals surface area contributed by atoms with Crippen LogP contribution in [0.25, 0.3) is 0 Å². The van der Waals surface area contributed by atoms with E-state index >= 15 is 0 Å². The van der Waals surface area contributed by atoms with Crippen molar-refractivity contribution in [2.24, 2.45) is 0 Å². The SMILES string of the molecule is [CH2]COCCOCCCC. The summed E-state index contributed by atoms with van der Waals surface area (Å²) in [5, 5.41) is 0. The van der Waals surface area contributed by atoms with Gasteiger partial charge in [-0.05, 0) is 13.3 Å². The van der Waals surface area contributed by atoms with Crippen LogP contribution in [-0.2, 0) is 9.47 Å². The molecule has 0 saturated carbocycles. The third-order valence-corrected chi connectivity index (χ3v) is 1.16. The molecule has 0 aromatic rings. The molecule has 0 rings (SSSR count). The van der Waals surface area contributed by atoms with Crippen molar-refractivity contribution in [2.45, 2.75) is 19.8 Å². The van der Waals surface area contributed by atoms with Gasteiger partial charge in [-0.1, -0.05) is 13.3 Å². The molecule has 0 aromatic carbocycles. The Morgan fingerprint density at radius 3 is 2.40 bits per heavy atom. The zero-order valence-corrected chi connectivity index (χ0v) is 6.77. The lowest BCUT2D eigenvalue weighted by molar-refractivity contribution is 0.0567. The third-order valence-electron chi connectivity index (χ3n) is 1.16. The van der Waals surface area contributed by atoms with E-state index in [-0.39, 0.29) is 0 Å². The predicted octanol–water partition coefficient (Wildman–Crippen LogP) is 1.65. The van der Waals surface area contributed by atoms with E-state index in [1.807, 2.05) is 0 Å². The number of hydrogen-bond donors (Lipinski definition) is 0. The van der Waals surface area contributed by atoms with Crippen molar-refractivity contribution in [2.75, 3.05) is 26.4 Å². The summed E-state index contributed by atoms with van der Waals surface area (Å²) in [6.45, 7) is 8.47. The molecule has 0 fully saturated rings. The Morgan fingerprint density at radius 1 is 1.10 bits per heavy atom. The Hall–Kier alpha value is -0.0800. The minimum absolute atomic E-state index is 0.539. The maximum absolute atomic E-state index is 5.22. The lowest BCUT2D eigenvalue weighted by Crippen LogP contribution is -2.04. The molecule has 0 atom stereocenters. The van der Waals surface area contributed by atoms with E-state index in [1.165, 1.54) is 6.42 Å². The lowest BCUT2D eigenvalue weighted by atomic mass is 10.4. The van der Waals surface area contributed by atoms with Gasteiger partial charge in [-0.25, -0.2) is 0 Å². The number of unbranched alkanes of at least 4 members (excludes halogenated alkanes) is 1. The molecule has 0 amide bonds. The predicted molar refractivity (Wildman–Crippen MR) is 41.9 cm³/mol. The van der Waals surface area contributed by atoms with Gasteiger partial charge in [0.1, 0.15) is 0 Å². The van der Waals surface area contributed by atoms with Gasteiger partial charge in [0.25, 0.3) is 0 Å². The molecule has 0 aliphatic carbocycles. The van der Waals surface area contributed by atoms with E-state index in [1.54, 1.807) is 0 Å². The molecule has 2 nitrogen and oxygen atoms in total. The number of ether oxygens (including phenoxy) is 2. The first-order valence-electron chi connectivity index (χ1n) is 3.86. The summed E-state index contributed by atoms with van der Waals surface area (Å²) < 4.78 is 10.2. The third kappa shape index (κ3) is 7.92. The van der Waals surface area contributed by atoms with Crippen LogP contribution in [0.4, 0.5) is 0 Å². The highest BCUT2D eigenvalue weighted by molar-refractivity contribution is 4.34. The molecular weight excluding hydrogens is 128 g/mol. The van der Waals surface area contributed by atoms with Crippen LogP contribution in [0.2, 0.25) is 0 Å². The second-order valence-corrected chi connectivity index (χ2v) is 2.08. The van der Waals surface area contributed by atoms with Crippen molar-refractivity contribution in [3.63, 3.8) is 0 Å². The average Bonchev–Trinajstić information content (AvgIpc) is 1.97. The smallest absolute Gasteiger partial charge is 0.0700 e. The molecule has 0 saturated heterocycles. The molecule has 0 heterocycles. The zero-order chi connectivity index (χ0) is 7.66. The summed E-state index contributed by atoms with van der Waals surface area (Å²) in [5.41, 5.74) is 0. The van der Waals surface area contributed by atoms with Crippen LogP contribution in [0.1, 0.15) is 19.8 Å². The van der Waals surface area contributed by atoms with Crippen LogP contribution in [0.5, 0.6) is 0 Å². The summed E-state index contributed by atoms with van der Waals surface area (Å²) in [5.74, 6) is 0. The number of rotatable bonds is 7. The molecule has 0 N–H and O–H groups in total. The van der Waals surface area contributed by atoms with Gasteiger partial charge in [-0.15, -0.1) is 0 Å². The van der Waals surface area contributed by atoms with Crippen LogP contribution < -0.4 is 0 Å². The first-order valence-corrected chi connectivity index (χ1v) is 3.86. The van der Waals surface area contributed by atoms with E-state index < -0.39 is 0 Å². The van der Waals surface area contributed by atoms with E-state index in [0.717, 1.165) is 13.0 Å². The van der Waals surface area contributed by atoms with Gasteiger partial charge in [-0.2, -0.15) is 0 Å². The monoisotopic (exact) mass is 145 g/mol. The Balaban J connectivity index is 2.65. The van der Waals surface area contributed by atoms with Crippen LogP contribution in [0.3, 0.4) is 0 Å². The second-order valence-electron chi connectivity index (χ2n) is 2.08. The summed E-state index contributed by atoms with van der Waals surface area (Å²) >= 11 is 0. The molecule has 0 aliphatic heterocycles. The summed E-state index contributed by atoms with van der Waals surface area (Å²) in [6, 6.07) is 0. The van der Waals surface area contributed by atoms with Crippen molar-refractivity contribution < 1.29 is 9.47 Å². The quantitative estimate of drug-likeness (QED) is 0.507. The maximum Gasteiger partial charge on any atom is 0.0700 e. The Bertz CT molecular complexity index is 47.2. The molecule has 61 valence electrons. The van der Waals surface area contributed by atoms with Crippen molar-refractivity contribution in [1.29, 1.82) is 0 Å². The molecule has 0 aliphatic rings. The first-order chi connectivity index (χ1) is 4.91. The molecule has 0 spiro atoms.